The Kier molecular flexibility index (Phi) is 4.06. The normalized spacial score (nSPS) is 20.4. The van der Waals surface area contributed by atoms with Crippen molar-refractivity contribution in [2.45, 2.75) is 51.6 Å². The third-order valence-electron chi connectivity index (χ3n) is 4.01. The molecule has 2 unspecified atom stereocenters. The first kappa shape index (κ1) is 12.4. The Morgan fingerprint density at radius 1 is 1.12 bits per heavy atom. The molecule has 2 nitrogen and oxygen atoms in total. The van der Waals surface area contributed by atoms with E-state index in [0.29, 0.717) is 17.8 Å². The topological polar surface area (TPSA) is 32.3 Å². The molecule has 0 saturated heterocycles. The average molecular weight is 233 g/mol. The monoisotopic (exact) mass is 233 g/mol. The van der Waals surface area contributed by atoms with Gasteiger partial charge in [-0.05, 0) is 50.3 Å². The first-order valence-electron chi connectivity index (χ1n) is 6.72. The minimum atomic E-state index is 0.338. The number of phenols is 1. The van der Waals surface area contributed by atoms with E-state index < -0.39 is 0 Å². The zero-order valence-electron chi connectivity index (χ0n) is 10.8. The Morgan fingerprint density at radius 3 is 2.29 bits per heavy atom. The van der Waals surface area contributed by atoms with Crippen LogP contribution in [0.3, 0.4) is 0 Å². The van der Waals surface area contributed by atoms with Gasteiger partial charge in [0.25, 0.3) is 0 Å². The standard InChI is InChI=1S/C15H23NO/c1-11(13-5-3-4-6-13)16-12(2)14-7-9-15(17)10-8-14/h7-13,16-17H,3-6H2,1-2H3. The molecule has 0 aromatic heterocycles. The van der Waals surface area contributed by atoms with Gasteiger partial charge >= 0.3 is 0 Å². The summed E-state index contributed by atoms with van der Waals surface area (Å²) in [7, 11) is 0. The van der Waals surface area contributed by atoms with Crippen LogP contribution in [0.5, 0.6) is 5.75 Å². The van der Waals surface area contributed by atoms with E-state index >= 15 is 0 Å². The van der Waals surface area contributed by atoms with Crippen molar-refractivity contribution in [1.82, 2.24) is 5.32 Å². The van der Waals surface area contributed by atoms with Crippen LogP contribution in [0.15, 0.2) is 24.3 Å². The number of phenolic OH excluding ortho intramolecular Hbond substituents is 1. The summed E-state index contributed by atoms with van der Waals surface area (Å²) in [5.41, 5.74) is 1.24. The SMILES string of the molecule is CC(NC(C)C1CCCC1)c1ccc(O)cc1. The Hall–Kier alpha value is -1.02. The maximum atomic E-state index is 9.27. The lowest BCUT2D eigenvalue weighted by Crippen LogP contribution is -2.34. The highest BCUT2D eigenvalue weighted by Gasteiger charge is 2.22. The van der Waals surface area contributed by atoms with Gasteiger partial charge in [-0.1, -0.05) is 25.0 Å². The van der Waals surface area contributed by atoms with Gasteiger partial charge in [0, 0.05) is 12.1 Å². The molecular formula is C15H23NO. The third-order valence-corrected chi connectivity index (χ3v) is 4.01. The minimum absolute atomic E-state index is 0.338. The van der Waals surface area contributed by atoms with Gasteiger partial charge in [0.05, 0.1) is 0 Å². The van der Waals surface area contributed by atoms with E-state index in [-0.39, 0.29) is 0 Å². The predicted octanol–water partition coefficient (Wildman–Crippen LogP) is 3.62. The average Bonchev–Trinajstić information content (AvgIpc) is 2.83. The zero-order valence-corrected chi connectivity index (χ0v) is 10.8. The molecule has 1 aromatic rings. The molecule has 0 heterocycles. The second-order valence-corrected chi connectivity index (χ2v) is 5.31. The van der Waals surface area contributed by atoms with Crippen molar-refractivity contribution in [1.29, 1.82) is 0 Å². The van der Waals surface area contributed by atoms with E-state index in [1.54, 1.807) is 12.1 Å². The van der Waals surface area contributed by atoms with Gasteiger partial charge in [0.2, 0.25) is 0 Å². The molecular weight excluding hydrogens is 210 g/mol. The van der Waals surface area contributed by atoms with Crippen LogP contribution in [-0.4, -0.2) is 11.1 Å². The van der Waals surface area contributed by atoms with Gasteiger partial charge in [-0.2, -0.15) is 0 Å². The Labute approximate surface area is 104 Å². The number of aromatic hydroxyl groups is 1. The Morgan fingerprint density at radius 2 is 1.71 bits per heavy atom. The number of hydrogen-bond donors (Lipinski definition) is 2. The van der Waals surface area contributed by atoms with Crippen molar-refractivity contribution in [3.05, 3.63) is 29.8 Å². The predicted molar refractivity (Wildman–Crippen MR) is 71.1 cm³/mol. The fraction of sp³-hybridized carbons (Fsp3) is 0.600. The van der Waals surface area contributed by atoms with Crippen LogP contribution in [0.1, 0.15) is 51.1 Å². The lowest BCUT2D eigenvalue weighted by Gasteiger charge is -2.25. The highest BCUT2D eigenvalue weighted by Crippen LogP contribution is 2.29. The van der Waals surface area contributed by atoms with Gasteiger partial charge < -0.3 is 10.4 Å². The molecule has 1 aliphatic rings. The van der Waals surface area contributed by atoms with Crippen molar-refractivity contribution in [3.8, 4) is 5.75 Å². The number of rotatable bonds is 4. The summed E-state index contributed by atoms with van der Waals surface area (Å²) < 4.78 is 0. The summed E-state index contributed by atoms with van der Waals surface area (Å²) in [6.07, 6.45) is 5.53. The lowest BCUT2D eigenvalue weighted by atomic mass is 9.98. The first-order valence-corrected chi connectivity index (χ1v) is 6.72. The fourth-order valence-electron chi connectivity index (χ4n) is 2.85. The molecule has 2 rings (SSSR count). The first-order chi connectivity index (χ1) is 8.16. The molecule has 94 valence electrons. The van der Waals surface area contributed by atoms with Crippen molar-refractivity contribution in [2.24, 2.45) is 5.92 Å². The van der Waals surface area contributed by atoms with Gasteiger partial charge in [-0.3, -0.25) is 0 Å². The second-order valence-electron chi connectivity index (χ2n) is 5.31. The molecule has 1 aliphatic carbocycles. The van der Waals surface area contributed by atoms with Crippen LogP contribution < -0.4 is 5.32 Å². The van der Waals surface area contributed by atoms with Gasteiger partial charge in [-0.15, -0.1) is 0 Å². The van der Waals surface area contributed by atoms with E-state index in [2.05, 4.69) is 19.2 Å². The van der Waals surface area contributed by atoms with Gasteiger partial charge in [-0.25, -0.2) is 0 Å². The van der Waals surface area contributed by atoms with E-state index in [4.69, 9.17) is 0 Å². The molecule has 1 aromatic carbocycles. The van der Waals surface area contributed by atoms with E-state index in [0.717, 1.165) is 5.92 Å². The molecule has 2 N–H and O–H groups in total. The zero-order chi connectivity index (χ0) is 12.3. The number of nitrogens with one attached hydrogen (secondary N) is 1. The van der Waals surface area contributed by atoms with Gasteiger partial charge in [0.1, 0.15) is 5.75 Å². The molecule has 2 atom stereocenters. The van der Waals surface area contributed by atoms with Crippen molar-refractivity contribution in [3.63, 3.8) is 0 Å². The molecule has 1 fully saturated rings. The van der Waals surface area contributed by atoms with Crippen LogP contribution >= 0.6 is 0 Å². The van der Waals surface area contributed by atoms with Crippen LogP contribution in [0.25, 0.3) is 0 Å². The van der Waals surface area contributed by atoms with Crippen molar-refractivity contribution in [2.75, 3.05) is 0 Å². The molecule has 1 saturated carbocycles. The van der Waals surface area contributed by atoms with Crippen LogP contribution in [0.4, 0.5) is 0 Å². The summed E-state index contributed by atoms with van der Waals surface area (Å²) >= 11 is 0. The van der Waals surface area contributed by atoms with E-state index in [1.165, 1.54) is 31.2 Å². The summed E-state index contributed by atoms with van der Waals surface area (Å²) in [4.78, 5) is 0. The van der Waals surface area contributed by atoms with Crippen molar-refractivity contribution < 1.29 is 5.11 Å². The minimum Gasteiger partial charge on any atom is -0.508 e. The Bertz CT molecular complexity index is 340. The van der Waals surface area contributed by atoms with Crippen LogP contribution in [0, 0.1) is 5.92 Å². The number of benzene rings is 1. The third kappa shape index (κ3) is 3.22. The Balaban J connectivity index is 1.91. The number of hydrogen-bond acceptors (Lipinski definition) is 2. The molecule has 0 amide bonds. The smallest absolute Gasteiger partial charge is 0.115 e. The second kappa shape index (κ2) is 5.54. The maximum Gasteiger partial charge on any atom is 0.115 e. The molecule has 2 heteroatoms. The summed E-state index contributed by atoms with van der Waals surface area (Å²) in [5.74, 6) is 1.18. The van der Waals surface area contributed by atoms with Gasteiger partial charge in [0.15, 0.2) is 0 Å². The molecule has 17 heavy (non-hydrogen) atoms. The summed E-state index contributed by atoms with van der Waals surface area (Å²) in [5, 5.41) is 12.9. The largest absolute Gasteiger partial charge is 0.508 e. The highest BCUT2D eigenvalue weighted by molar-refractivity contribution is 5.27. The maximum absolute atomic E-state index is 9.27. The molecule has 0 bridgehead atoms. The van der Waals surface area contributed by atoms with E-state index in [9.17, 15) is 5.11 Å². The van der Waals surface area contributed by atoms with E-state index in [1.807, 2.05) is 12.1 Å². The van der Waals surface area contributed by atoms with Crippen LogP contribution in [-0.2, 0) is 0 Å². The molecule has 0 radical (unpaired) electrons. The quantitative estimate of drug-likeness (QED) is 0.832. The van der Waals surface area contributed by atoms with Crippen molar-refractivity contribution >= 4 is 0 Å². The summed E-state index contributed by atoms with van der Waals surface area (Å²) in [6.45, 7) is 4.49. The lowest BCUT2D eigenvalue weighted by molar-refractivity contribution is 0.352. The fourth-order valence-corrected chi connectivity index (χ4v) is 2.85. The molecule has 0 aliphatic heterocycles. The highest BCUT2D eigenvalue weighted by atomic mass is 16.3. The molecule has 0 spiro atoms. The summed E-state index contributed by atoms with van der Waals surface area (Å²) in [6, 6.07) is 8.44. The van der Waals surface area contributed by atoms with Crippen LogP contribution in [0.2, 0.25) is 0 Å².